The van der Waals surface area contributed by atoms with E-state index in [0.717, 1.165) is 25.9 Å². The lowest BCUT2D eigenvalue weighted by atomic mass is 9.98. The van der Waals surface area contributed by atoms with Crippen LogP contribution >= 0.6 is 0 Å². The summed E-state index contributed by atoms with van der Waals surface area (Å²) in [5, 5.41) is 2.99. The van der Waals surface area contributed by atoms with Gasteiger partial charge in [-0.15, -0.1) is 0 Å². The lowest BCUT2D eigenvalue weighted by Crippen LogP contribution is -2.50. The van der Waals surface area contributed by atoms with Crippen molar-refractivity contribution in [3.63, 3.8) is 0 Å². The lowest BCUT2D eigenvalue weighted by molar-refractivity contribution is -0.120. The standard InChI is InChI=1S/C11H22N2O/c1-9(14)12-10-5-7-13(8-6-10)11(2,3)4/h10H,5-8H2,1-4H3,(H,12,14). The smallest absolute Gasteiger partial charge is 0.217 e. The molecule has 0 radical (unpaired) electrons. The summed E-state index contributed by atoms with van der Waals surface area (Å²) in [6.07, 6.45) is 2.16. The van der Waals surface area contributed by atoms with Gasteiger partial charge in [-0.05, 0) is 33.6 Å². The van der Waals surface area contributed by atoms with Crippen molar-refractivity contribution in [2.45, 2.75) is 52.1 Å². The van der Waals surface area contributed by atoms with E-state index in [1.807, 2.05) is 0 Å². The summed E-state index contributed by atoms with van der Waals surface area (Å²) in [6, 6.07) is 0.395. The van der Waals surface area contributed by atoms with Gasteiger partial charge in [0.25, 0.3) is 0 Å². The van der Waals surface area contributed by atoms with Crippen molar-refractivity contribution >= 4 is 5.91 Å². The topological polar surface area (TPSA) is 32.3 Å². The summed E-state index contributed by atoms with van der Waals surface area (Å²) in [7, 11) is 0. The molecule has 0 bridgehead atoms. The monoisotopic (exact) mass is 198 g/mol. The van der Waals surface area contributed by atoms with Gasteiger partial charge in [-0.3, -0.25) is 9.69 Å². The second-order valence-electron chi connectivity index (χ2n) is 5.13. The number of hydrogen-bond acceptors (Lipinski definition) is 2. The first kappa shape index (κ1) is 11.5. The number of likely N-dealkylation sites (tertiary alicyclic amines) is 1. The molecule has 1 aliphatic heterocycles. The Morgan fingerprint density at radius 3 is 2.14 bits per heavy atom. The summed E-state index contributed by atoms with van der Waals surface area (Å²) in [5.41, 5.74) is 0.265. The first-order chi connectivity index (χ1) is 6.39. The number of amides is 1. The van der Waals surface area contributed by atoms with Crippen LogP contribution in [0.4, 0.5) is 0 Å². The maximum absolute atomic E-state index is 10.9. The Hall–Kier alpha value is -0.570. The fourth-order valence-corrected chi connectivity index (χ4v) is 1.98. The van der Waals surface area contributed by atoms with Gasteiger partial charge in [0.2, 0.25) is 5.91 Å². The third kappa shape index (κ3) is 3.29. The van der Waals surface area contributed by atoms with Crippen LogP contribution in [0.5, 0.6) is 0 Å². The zero-order valence-electron chi connectivity index (χ0n) is 9.76. The average molecular weight is 198 g/mol. The maximum Gasteiger partial charge on any atom is 0.217 e. The van der Waals surface area contributed by atoms with Gasteiger partial charge in [-0.2, -0.15) is 0 Å². The van der Waals surface area contributed by atoms with Crippen molar-refractivity contribution < 1.29 is 4.79 Å². The summed E-state index contributed by atoms with van der Waals surface area (Å²) >= 11 is 0. The van der Waals surface area contributed by atoms with Crippen LogP contribution in [0.2, 0.25) is 0 Å². The van der Waals surface area contributed by atoms with E-state index in [4.69, 9.17) is 0 Å². The zero-order chi connectivity index (χ0) is 10.8. The minimum Gasteiger partial charge on any atom is -0.354 e. The molecule has 0 saturated carbocycles. The van der Waals surface area contributed by atoms with Crippen molar-refractivity contribution in [1.82, 2.24) is 10.2 Å². The van der Waals surface area contributed by atoms with E-state index in [9.17, 15) is 4.79 Å². The van der Waals surface area contributed by atoms with Gasteiger partial charge in [0.1, 0.15) is 0 Å². The molecular formula is C11H22N2O. The van der Waals surface area contributed by atoms with Crippen LogP contribution in [-0.2, 0) is 4.79 Å². The fraction of sp³-hybridized carbons (Fsp3) is 0.909. The van der Waals surface area contributed by atoms with Crippen molar-refractivity contribution in [3.8, 4) is 0 Å². The number of carbonyl (C=O) groups is 1. The molecular weight excluding hydrogens is 176 g/mol. The summed E-state index contributed by atoms with van der Waals surface area (Å²) in [5.74, 6) is 0.0965. The predicted molar refractivity (Wildman–Crippen MR) is 58.2 cm³/mol. The molecule has 82 valence electrons. The maximum atomic E-state index is 10.9. The van der Waals surface area contributed by atoms with Crippen molar-refractivity contribution in [2.24, 2.45) is 0 Å². The van der Waals surface area contributed by atoms with E-state index in [0.29, 0.717) is 6.04 Å². The number of piperidine rings is 1. The van der Waals surface area contributed by atoms with Crippen molar-refractivity contribution in [1.29, 1.82) is 0 Å². The van der Waals surface area contributed by atoms with Crippen LogP contribution in [0.3, 0.4) is 0 Å². The molecule has 0 aromatic heterocycles. The van der Waals surface area contributed by atoms with E-state index in [-0.39, 0.29) is 11.4 Å². The van der Waals surface area contributed by atoms with Gasteiger partial charge in [0.15, 0.2) is 0 Å². The van der Waals surface area contributed by atoms with E-state index >= 15 is 0 Å². The van der Waals surface area contributed by atoms with Crippen molar-refractivity contribution in [3.05, 3.63) is 0 Å². The number of carbonyl (C=O) groups excluding carboxylic acids is 1. The van der Waals surface area contributed by atoms with Crippen LogP contribution in [0.25, 0.3) is 0 Å². The fourth-order valence-electron chi connectivity index (χ4n) is 1.98. The molecule has 0 unspecified atom stereocenters. The Morgan fingerprint density at radius 1 is 1.29 bits per heavy atom. The quantitative estimate of drug-likeness (QED) is 0.690. The first-order valence-electron chi connectivity index (χ1n) is 5.42. The van der Waals surface area contributed by atoms with Crippen LogP contribution in [0.15, 0.2) is 0 Å². The third-order valence-electron chi connectivity index (χ3n) is 2.85. The minimum absolute atomic E-state index is 0.0965. The second-order valence-corrected chi connectivity index (χ2v) is 5.13. The van der Waals surface area contributed by atoms with Gasteiger partial charge in [0.05, 0.1) is 0 Å². The highest BCUT2D eigenvalue weighted by molar-refractivity contribution is 5.73. The third-order valence-corrected chi connectivity index (χ3v) is 2.85. The molecule has 0 aromatic rings. The molecule has 0 aromatic carbocycles. The second kappa shape index (κ2) is 4.30. The molecule has 3 heteroatoms. The Balaban J connectivity index is 2.35. The molecule has 1 saturated heterocycles. The van der Waals surface area contributed by atoms with Gasteiger partial charge in [-0.1, -0.05) is 0 Å². The van der Waals surface area contributed by atoms with Crippen LogP contribution < -0.4 is 5.32 Å². The van der Waals surface area contributed by atoms with Gasteiger partial charge in [0, 0.05) is 31.6 Å². The lowest BCUT2D eigenvalue weighted by Gasteiger charge is -2.40. The van der Waals surface area contributed by atoms with Crippen LogP contribution in [0.1, 0.15) is 40.5 Å². The number of rotatable bonds is 1. The van der Waals surface area contributed by atoms with E-state index in [1.54, 1.807) is 6.92 Å². The van der Waals surface area contributed by atoms with Gasteiger partial charge in [-0.25, -0.2) is 0 Å². The van der Waals surface area contributed by atoms with E-state index in [1.165, 1.54) is 0 Å². The molecule has 3 nitrogen and oxygen atoms in total. The van der Waals surface area contributed by atoms with E-state index in [2.05, 4.69) is 31.0 Å². The largest absolute Gasteiger partial charge is 0.354 e. The average Bonchev–Trinajstić information content (AvgIpc) is 2.02. The summed E-state index contributed by atoms with van der Waals surface area (Å²) in [4.78, 5) is 13.3. The molecule has 1 rings (SSSR count). The SMILES string of the molecule is CC(=O)NC1CCN(C(C)(C)C)CC1. The molecule has 1 N–H and O–H groups in total. The molecule has 1 fully saturated rings. The highest BCUT2D eigenvalue weighted by Gasteiger charge is 2.26. The summed E-state index contributed by atoms with van der Waals surface area (Å²) < 4.78 is 0. The molecule has 14 heavy (non-hydrogen) atoms. The number of nitrogens with one attached hydrogen (secondary N) is 1. The Bertz CT molecular complexity index is 200. The number of nitrogens with zero attached hydrogens (tertiary/aromatic N) is 1. The van der Waals surface area contributed by atoms with Gasteiger partial charge < -0.3 is 5.32 Å². The molecule has 0 aliphatic carbocycles. The van der Waals surface area contributed by atoms with Crippen LogP contribution in [0, 0.1) is 0 Å². The highest BCUT2D eigenvalue weighted by Crippen LogP contribution is 2.19. The van der Waals surface area contributed by atoms with Gasteiger partial charge >= 0.3 is 0 Å². The number of hydrogen-bond donors (Lipinski definition) is 1. The Labute approximate surface area is 86.9 Å². The minimum atomic E-state index is 0.0965. The molecule has 1 heterocycles. The first-order valence-corrected chi connectivity index (χ1v) is 5.42. The van der Waals surface area contributed by atoms with Crippen molar-refractivity contribution in [2.75, 3.05) is 13.1 Å². The molecule has 0 spiro atoms. The summed E-state index contributed by atoms with van der Waals surface area (Å²) in [6.45, 7) is 10.5. The Morgan fingerprint density at radius 2 is 1.79 bits per heavy atom. The van der Waals surface area contributed by atoms with E-state index < -0.39 is 0 Å². The molecule has 0 atom stereocenters. The highest BCUT2D eigenvalue weighted by atomic mass is 16.1. The molecule has 1 amide bonds. The Kier molecular flexibility index (Phi) is 3.53. The van der Waals surface area contributed by atoms with Crippen LogP contribution in [-0.4, -0.2) is 35.5 Å². The predicted octanol–water partition coefficient (Wildman–Crippen LogP) is 1.39. The normalized spacial score (nSPS) is 20.9. The molecule has 1 aliphatic rings. The zero-order valence-corrected chi connectivity index (χ0v) is 9.76.